The van der Waals surface area contributed by atoms with Crippen LogP contribution >= 0.6 is 0 Å². The van der Waals surface area contributed by atoms with Crippen LogP contribution in [0.4, 0.5) is 4.39 Å². The van der Waals surface area contributed by atoms with Gasteiger partial charge in [-0.2, -0.15) is 5.10 Å². The fourth-order valence-corrected chi connectivity index (χ4v) is 5.44. The van der Waals surface area contributed by atoms with Crippen molar-refractivity contribution >= 4 is 28.9 Å². The van der Waals surface area contributed by atoms with Gasteiger partial charge >= 0.3 is 0 Å². The van der Waals surface area contributed by atoms with Gasteiger partial charge in [0.1, 0.15) is 11.9 Å². The van der Waals surface area contributed by atoms with Crippen LogP contribution in [-0.4, -0.2) is 71.3 Å². The molecular weight excluding hydrogens is 483 g/mol. The van der Waals surface area contributed by atoms with E-state index in [0.29, 0.717) is 24.2 Å². The SMILES string of the molecule is CC1C=NC=CC1c1[nH]nc2ccc(C(=O)N[C@@H]3CCCN(C(C(=O)N(C)C)c4ccccc4F)C3)cc12. The topological polar surface area (TPSA) is 93.7 Å². The predicted molar refractivity (Wildman–Crippen MR) is 146 cm³/mol. The van der Waals surface area contributed by atoms with E-state index in [1.165, 1.54) is 11.0 Å². The number of carbonyl (C=O) groups is 2. The standard InChI is InChI=1S/C29H33FN6O2/c1-18-16-31-13-12-21(18)26-23-15-19(10-11-25(23)33-34-26)28(37)32-20-7-6-14-36(17-20)27(29(38)35(2)3)22-8-4-5-9-24(22)30/h4-5,8-13,15-16,18,20-21,27H,6-7,14,17H2,1-3H3,(H,32,37)(H,33,34)/t18?,20-,21?,27?/m1/s1. The average molecular weight is 517 g/mol. The van der Waals surface area contributed by atoms with Crippen LogP contribution in [0.1, 0.15) is 53.3 Å². The first-order valence-electron chi connectivity index (χ1n) is 13.0. The van der Waals surface area contributed by atoms with Gasteiger partial charge in [0.05, 0.1) is 11.2 Å². The number of benzene rings is 2. The monoisotopic (exact) mass is 516 g/mol. The first kappa shape index (κ1) is 25.8. The Morgan fingerprint density at radius 3 is 2.79 bits per heavy atom. The number of aliphatic imine (C=N–C) groups is 1. The second-order valence-electron chi connectivity index (χ2n) is 10.4. The number of likely N-dealkylation sites (N-methyl/N-ethyl adjacent to an activating group) is 1. The summed E-state index contributed by atoms with van der Waals surface area (Å²) >= 11 is 0. The molecule has 0 bridgehead atoms. The second kappa shape index (κ2) is 10.9. The van der Waals surface area contributed by atoms with Gasteiger partial charge in [-0.3, -0.25) is 24.6 Å². The minimum atomic E-state index is -0.746. The molecule has 1 aromatic heterocycles. The van der Waals surface area contributed by atoms with E-state index in [9.17, 15) is 14.0 Å². The fraction of sp³-hybridized carbons (Fsp3) is 0.379. The lowest BCUT2D eigenvalue weighted by Crippen LogP contribution is -2.51. The number of hydrogen-bond donors (Lipinski definition) is 2. The van der Waals surface area contributed by atoms with Crippen LogP contribution in [0, 0.1) is 11.7 Å². The number of nitrogens with one attached hydrogen (secondary N) is 2. The van der Waals surface area contributed by atoms with Crippen molar-refractivity contribution in [2.45, 2.75) is 37.8 Å². The molecule has 3 aromatic rings. The first-order chi connectivity index (χ1) is 18.3. The minimum Gasteiger partial charge on any atom is -0.348 e. The van der Waals surface area contributed by atoms with Crippen LogP contribution in [0.5, 0.6) is 0 Å². The minimum absolute atomic E-state index is 0.104. The number of nitrogens with zero attached hydrogens (tertiary/aromatic N) is 4. The summed E-state index contributed by atoms with van der Waals surface area (Å²) in [7, 11) is 3.35. The fourth-order valence-electron chi connectivity index (χ4n) is 5.44. The van der Waals surface area contributed by atoms with Crippen molar-refractivity contribution in [3.05, 3.63) is 77.4 Å². The Kier molecular flexibility index (Phi) is 7.37. The number of aromatic nitrogens is 2. The molecule has 5 rings (SSSR count). The quantitative estimate of drug-likeness (QED) is 0.517. The highest BCUT2D eigenvalue weighted by Gasteiger charge is 2.35. The van der Waals surface area contributed by atoms with E-state index in [-0.39, 0.29) is 29.7 Å². The summed E-state index contributed by atoms with van der Waals surface area (Å²) in [4.78, 5) is 34.2. The molecule has 8 nitrogen and oxygen atoms in total. The zero-order valence-electron chi connectivity index (χ0n) is 21.9. The number of amides is 2. The molecule has 2 aromatic carbocycles. The van der Waals surface area contributed by atoms with Crippen LogP contribution in [-0.2, 0) is 4.79 Å². The maximum atomic E-state index is 14.8. The molecule has 0 spiro atoms. The lowest BCUT2D eigenvalue weighted by molar-refractivity contribution is -0.135. The average Bonchev–Trinajstić information content (AvgIpc) is 3.33. The van der Waals surface area contributed by atoms with Crippen molar-refractivity contribution in [2.75, 3.05) is 27.2 Å². The Bertz CT molecular complexity index is 1400. The number of allylic oxidation sites excluding steroid dienone is 1. The Hall–Kier alpha value is -3.85. The largest absolute Gasteiger partial charge is 0.348 e. The number of fused-ring (bicyclic) bond motifs is 1. The van der Waals surface area contributed by atoms with Gasteiger partial charge in [0.25, 0.3) is 5.91 Å². The Morgan fingerprint density at radius 1 is 1.21 bits per heavy atom. The van der Waals surface area contributed by atoms with E-state index in [2.05, 4.69) is 27.4 Å². The highest BCUT2D eigenvalue weighted by atomic mass is 19.1. The van der Waals surface area contributed by atoms with E-state index in [1.807, 2.05) is 29.3 Å². The first-order valence-corrected chi connectivity index (χ1v) is 13.0. The van der Waals surface area contributed by atoms with Crippen molar-refractivity contribution in [2.24, 2.45) is 10.9 Å². The van der Waals surface area contributed by atoms with Gasteiger partial charge in [0.2, 0.25) is 5.91 Å². The molecule has 0 radical (unpaired) electrons. The van der Waals surface area contributed by atoms with Crippen LogP contribution in [0.3, 0.4) is 0 Å². The van der Waals surface area contributed by atoms with E-state index in [1.54, 1.807) is 44.6 Å². The second-order valence-corrected chi connectivity index (χ2v) is 10.4. The maximum Gasteiger partial charge on any atom is 0.251 e. The van der Waals surface area contributed by atoms with Gasteiger partial charge in [0.15, 0.2) is 0 Å². The van der Waals surface area contributed by atoms with Crippen molar-refractivity contribution in [3.8, 4) is 0 Å². The number of likely N-dealkylation sites (tertiary alicyclic amines) is 1. The Labute approximate surface area is 221 Å². The van der Waals surface area contributed by atoms with Crippen molar-refractivity contribution in [1.29, 1.82) is 0 Å². The third kappa shape index (κ3) is 5.11. The summed E-state index contributed by atoms with van der Waals surface area (Å²) in [5.41, 5.74) is 2.67. The number of carbonyl (C=O) groups excluding carboxylic acids is 2. The van der Waals surface area contributed by atoms with Crippen LogP contribution in [0.15, 0.2) is 59.7 Å². The number of hydrogen-bond acceptors (Lipinski definition) is 5. The van der Waals surface area contributed by atoms with Gasteiger partial charge in [-0.15, -0.1) is 0 Å². The van der Waals surface area contributed by atoms with Crippen molar-refractivity contribution < 1.29 is 14.0 Å². The molecule has 2 amide bonds. The van der Waals surface area contributed by atoms with Crippen LogP contribution < -0.4 is 5.32 Å². The molecule has 4 atom stereocenters. The molecule has 198 valence electrons. The van der Waals surface area contributed by atoms with Gasteiger partial charge in [0, 0.05) is 67.4 Å². The molecule has 0 saturated carbocycles. The lowest BCUT2D eigenvalue weighted by atomic mass is 9.88. The summed E-state index contributed by atoms with van der Waals surface area (Å²) in [6, 6.07) is 11.0. The maximum absolute atomic E-state index is 14.8. The van der Waals surface area contributed by atoms with E-state index >= 15 is 0 Å². The molecule has 3 heterocycles. The summed E-state index contributed by atoms with van der Waals surface area (Å²) < 4.78 is 14.8. The molecule has 0 aliphatic carbocycles. The zero-order chi connectivity index (χ0) is 26.8. The molecule has 2 aliphatic heterocycles. The Balaban J connectivity index is 1.35. The third-order valence-electron chi connectivity index (χ3n) is 7.47. The molecular formula is C29H33FN6O2. The summed E-state index contributed by atoms with van der Waals surface area (Å²) in [6.07, 6.45) is 7.32. The van der Waals surface area contributed by atoms with Crippen LogP contribution in [0.25, 0.3) is 10.9 Å². The molecule has 1 saturated heterocycles. The van der Waals surface area contributed by atoms with Gasteiger partial charge in [-0.1, -0.05) is 31.2 Å². The molecule has 38 heavy (non-hydrogen) atoms. The number of rotatable bonds is 6. The highest BCUT2D eigenvalue weighted by Crippen LogP contribution is 2.32. The van der Waals surface area contributed by atoms with Crippen molar-refractivity contribution in [3.63, 3.8) is 0 Å². The third-order valence-corrected chi connectivity index (χ3v) is 7.47. The molecule has 3 unspecified atom stereocenters. The van der Waals surface area contributed by atoms with Gasteiger partial charge in [-0.05, 0) is 43.7 Å². The summed E-state index contributed by atoms with van der Waals surface area (Å²) in [5.74, 6) is -0.456. The van der Waals surface area contributed by atoms with Gasteiger partial charge < -0.3 is 10.2 Å². The highest BCUT2D eigenvalue weighted by molar-refractivity contribution is 5.99. The van der Waals surface area contributed by atoms with Crippen LogP contribution in [0.2, 0.25) is 0 Å². The zero-order valence-corrected chi connectivity index (χ0v) is 21.9. The molecule has 1 fully saturated rings. The van der Waals surface area contributed by atoms with E-state index in [0.717, 1.165) is 29.4 Å². The van der Waals surface area contributed by atoms with Gasteiger partial charge in [-0.25, -0.2) is 4.39 Å². The number of halogens is 1. The Morgan fingerprint density at radius 2 is 2.03 bits per heavy atom. The lowest BCUT2D eigenvalue weighted by Gasteiger charge is -2.39. The predicted octanol–water partition coefficient (Wildman–Crippen LogP) is 4.04. The van der Waals surface area contributed by atoms with E-state index < -0.39 is 11.9 Å². The number of piperidine rings is 1. The number of aromatic amines is 1. The van der Waals surface area contributed by atoms with Crippen molar-refractivity contribution in [1.82, 2.24) is 25.3 Å². The molecule has 2 N–H and O–H groups in total. The van der Waals surface area contributed by atoms with E-state index in [4.69, 9.17) is 0 Å². The molecule has 9 heteroatoms. The summed E-state index contributed by atoms with van der Waals surface area (Å²) in [6.45, 7) is 3.20. The number of H-pyrrole nitrogens is 1. The smallest absolute Gasteiger partial charge is 0.251 e. The molecule has 2 aliphatic rings. The summed E-state index contributed by atoms with van der Waals surface area (Å²) in [5, 5.41) is 11.7. The normalized spacial score (nSPS) is 22.4.